The standard InChI is InChI=1S/C50H51N4O10P.C41H34N2O9/c1-33(2)54(34(3)4)65(62-28-25-51-5)63-30-27-53-47(56)43-24-22-41(32-45(43)49(53)58)64-40-21-23-42-44(31-40)48(57)52(46(42)55)26-29-61-50(35-11-9-8-10-12-35,36-13-17-38(59-6)18-14-36)37-15-19-39(60-7)20-16-37;1-49-29-12-8-27(9-13-29)41(26-6-4-3-5-7-26,28-10-14-30(50-2)15-11-28)51-23-21-43-38(46)34-19-17-32(25-36(34)40(43)48)52-31-16-18-33-35(24-31)39(47)42(20-22-44)37(33)45/h8-24,31-34H,25-30H2,1-4,6-7H3;3-19,24-25,44H,20-23H2,1-2H3. The average molecular weight is 1600 g/mol. The van der Waals surface area contributed by atoms with Crippen molar-refractivity contribution in [1.82, 2.24) is 24.3 Å². The zero-order chi connectivity index (χ0) is 82.7. The molecule has 0 aliphatic carbocycles. The number of carbonyl (C=O) groups excluding carboxylic acids is 8. The van der Waals surface area contributed by atoms with Crippen LogP contribution in [0.1, 0.15) is 144 Å². The first-order valence-corrected chi connectivity index (χ1v) is 39.0. The number of aliphatic hydroxyl groups excluding tert-OH is 1. The molecule has 10 aromatic carbocycles. The van der Waals surface area contributed by atoms with E-state index >= 15 is 0 Å². The number of hydrogen-bond acceptors (Lipinski definition) is 20. The quantitative estimate of drug-likeness (QED) is 0.0129. The molecule has 0 aromatic heterocycles. The summed E-state index contributed by atoms with van der Waals surface area (Å²) in [7, 11) is 4.86. The number of benzene rings is 10. The molecule has 4 aliphatic rings. The minimum atomic E-state index is -1.55. The summed E-state index contributed by atoms with van der Waals surface area (Å²) in [4.78, 5) is 115. The largest absolute Gasteiger partial charge is 0.497 e. The minimum Gasteiger partial charge on any atom is -0.497 e. The lowest BCUT2D eigenvalue weighted by molar-refractivity contribution is 0.00332. The Morgan fingerprint density at radius 3 is 0.872 bits per heavy atom. The van der Waals surface area contributed by atoms with E-state index in [2.05, 4.69) is 9.52 Å². The molecule has 0 saturated carbocycles. The Morgan fingerprint density at radius 2 is 0.598 bits per heavy atom. The van der Waals surface area contributed by atoms with Crippen molar-refractivity contribution in [2.75, 3.05) is 94.2 Å². The van der Waals surface area contributed by atoms with E-state index < -0.39 is 67.0 Å². The summed E-state index contributed by atoms with van der Waals surface area (Å²) in [5, 5.41) is 9.24. The molecular formula is C91H85N6O19P. The second-order valence-electron chi connectivity index (χ2n) is 27.9. The fourth-order valence-electron chi connectivity index (χ4n) is 14.8. The van der Waals surface area contributed by atoms with E-state index in [4.69, 9.17) is 53.5 Å². The third-order valence-corrected chi connectivity index (χ3v) is 22.5. The number of hydrogen-bond donors (Lipinski definition) is 1. The van der Waals surface area contributed by atoms with Gasteiger partial charge in [0.15, 0.2) is 0 Å². The van der Waals surface area contributed by atoms with Crippen molar-refractivity contribution >= 4 is 55.8 Å². The van der Waals surface area contributed by atoms with Crippen molar-refractivity contribution in [3.63, 3.8) is 0 Å². The van der Waals surface area contributed by atoms with E-state index in [0.717, 1.165) is 53.0 Å². The summed E-state index contributed by atoms with van der Waals surface area (Å²) in [5.41, 5.74) is 4.20. The number of methoxy groups -OCH3 is 4. The number of rotatable bonds is 34. The normalized spacial score (nSPS) is 13.9. The van der Waals surface area contributed by atoms with Crippen LogP contribution in [-0.2, 0) is 29.7 Å². The Bertz CT molecular complexity index is 5290. The highest BCUT2D eigenvalue weighted by Gasteiger charge is 2.44. The zero-order valence-electron chi connectivity index (χ0n) is 65.6. The molecule has 0 radical (unpaired) electrons. The van der Waals surface area contributed by atoms with Gasteiger partial charge in [-0.05, 0) is 182 Å². The molecule has 1 unspecified atom stereocenters. The maximum absolute atomic E-state index is 13.9. The van der Waals surface area contributed by atoms with E-state index in [9.17, 15) is 43.5 Å². The van der Waals surface area contributed by atoms with Gasteiger partial charge in [-0.1, -0.05) is 109 Å². The molecule has 0 spiro atoms. The molecule has 1 N–H and O–H groups in total. The highest BCUT2D eigenvalue weighted by Crippen LogP contribution is 2.48. The lowest BCUT2D eigenvalue weighted by Crippen LogP contribution is -2.38. The monoisotopic (exact) mass is 1600 g/mol. The Morgan fingerprint density at radius 1 is 0.342 bits per heavy atom. The number of β-amino-alcohol motifs (C(OH)–C–C–N with tert-alkyl or cyclic N) is 1. The molecule has 598 valence electrons. The third-order valence-electron chi connectivity index (χ3n) is 20.3. The molecule has 8 amide bonds. The molecule has 25 nitrogen and oxygen atoms in total. The maximum atomic E-state index is 13.9. The molecule has 0 bridgehead atoms. The summed E-state index contributed by atoms with van der Waals surface area (Å²) in [5.74, 6) is -0.115. The van der Waals surface area contributed by atoms with Gasteiger partial charge < -0.3 is 56.9 Å². The number of ether oxygens (including phenoxy) is 8. The number of nitrogens with zero attached hydrogens (tertiary/aromatic N) is 6. The van der Waals surface area contributed by atoms with E-state index in [1.165, 1.54) is 42.5 Å². The Kier molecular flexibility index (Phi) is 25.6. The van der Waals surface area contributed by atoms with Crippen LogP contribution in [-0.4, -0.2) is 183 Å². The Hall–Kier alpha value is -12.8. The first-order valence-electron chi connectivity index (χ1n) is 37.8. The third kappa shape index (κ3) is 16.8. The molecule has 0 saturated heterocycles. The first-order chi connectivity index (χ1) is 56.7. The highest BCUT2D eigenvalue weighted by atomic mass is 31.2. The molecule has 0 fully saturated rings. The van der Waals surface area contributed by atoms with Crippen LogP contribution in [0.4, 0.5) is 0 Å². The van der Waals surface area contributed by atoms with Crippen LogP contribution in [0, 0.1) is 6.57 Å². The van der Waals surface area contributed by atoms with Gasteiger partial charge in [-0.25, -0.2) is 11.2 Å². The fourth-order valence-corrected chi connectivity index (χ4v) is 16.3. The van der Waals surface area contributed by atoms with Gasteiger partial charge in [-0.15, -0.1) is 0 Å². The van der Waals surface area contributed by atoms with Crippen molar-refractivity contribution in [3.05, 3.63) is 320 Å². The van der Waals surface area contributed by atoms with Crippen LogP contribution < -0.4 is 28.4 Å². The van der Waals surface area contributed by atoms with Gasteiger partial charge in [0.1, 0.15) is 63.8 Å². The number of amides is 8. The van der Waals surface area contributed by atoms with Crippen LogP contribution >= 0.6 is 8.53 Å². The molecule has 4 aliphatic heterocycles. The summed E-state index contributed by atoms with van der Waals surface area (Å²) >= 11 is 0. The van der Waals surface area contributed by atoms with Crippen molar-refractivity contribution < 1.29 is 90.4 Å². The van der Waals surface area contributed by atoms with Gasteiger partial charge >= 0.3 is 0 Å². The van der Waals surface area contributed by atoms with Crippen molar-refractivity contribution in [2.45, 2.75) is 51.0 Å². The molecule has 10 aromatic rings. The molecule has 4 heterocycles. The number of imide groups is 4. The fraction of sp³-hybridized carbons (Fsp3) is 0.242. The van der Waals surface area contributed by atoms with Crippen molar-refractivity contribution in [3.8, 4) is 46.0 Å². The Balaban J connectivity index is 0.000000208. The summed E-state index contributed by atoms with van der Waals surface area (Å²) < 4.78 is 61.8. The maximum Gasteiger partial charge on any atom is 0.261 e. The zero-order valence-corrected chi connectivity index (χ0v) is 66.5. The Labute approximate surface area is 678 Å². The SMILES string of the molecule is COc1ccc(C(OCCN2C(=O)c3ccc(Oc4ccc5c(c4)C(=O)N(CCO)C5=O)cc3C2=O)(c2ccccc2)c2ccc(OC)cc2)cc1.[C-]#[N+]CCOP(OCCN1C(=O)c2ccc(Oc3ccc4c(c3)C(=O)N(CCOC(c3ccccc3)(c3ccc(OC)cc3)c3ccc(OC)cc3)C4=O)cc2C1=O)N(C(C)C)C(C)C. The smallest absolute Gasteiger partial charge is 0.261 e. The van der Waals surface area contributed by atoms with Crippen molar-refractivity contribution in [1.29, 1.82) is 0 Å². The van der Waals surface area contributed by atoms with Gasteiger partial charge in [0.25, 0.3) is 55.8 Å². The first kappa shape index (κ1) is 82.2. The summed E-state index contributed by atoms with van der Waals surface area (Å²) in [6, 6.07) is 68.2. The van der Waals surface area contributed by atoms with E-state index in [0.29, 0.717) is 23.0 Å². The van der Waals surface area contributed by atoms with Gasteiger partial charge in [0.05, 0.1) is 126 Å². The minimum absolute atomic E-state index is 0.00302. The lowest BCUT2D eigenvalue weighted by atomic mass is 9.80. The van der Waals surface area contributed by atoms with Gasteiger partial charge in [-0.2, -0.15) is 0 Å². The molecule has 26 heteroatoms. The van der Waals surface area contributed by atoms with E-state index in [1.54, 1.807) is 58.8 Å². The van der Waals surface area contributed by atoms with Crippen LogP contribution in [0.3, 0.4) is 0 Å². The van der Waals surface area contributed by atoms with Crippen LogP contribution in [0.5, 0.6) is 46.0 Å². The van der Waals surface area contributed by atoms with Gasteiger partial charge in [-0.3, -0.25) is 58.0 Å². The van der Waals surface area contributed by atoms with Crippen LogP contribution in [0.15, 0.2) is 231 Å². The van der Waals surface area contributed by atoms with Crippen LogP contribution in [0.25, 0.3) is 4.85 Å². The molecule has 1 atom stereocenters. The highest BCUT2D eigenvalue weighted by molar-refractivity contribution is 7.44. The number of fused-ring (bicyclic) bond motifs is 4. The summed E-state index contributed by atoms with van der Waals surface area (Å²) in [6.45, 7) is 15.1. The van der Waals surface area contributed by atoms with E-state index in [1.807, 2.05) is 185 Å². The number of aliphatic hydroxyl groups is 1. The van der Waals surface area contributed by atoms with Gasteiger partial charge in [0, 0.05) is 12.1 Å². The lowest BCUT2D eigenvalue weighted by Gasteiger charge is -2.36. The molecule has 117 heavy (non-hydrogen) atoms. The average Bonchev–Trinajstić information content (AvgIpc) is 1.74. The van der Waals surface area contributed by atoms with Gasteiger partial charge in [0.2, 0.25) is 6.54 Å². The summed E-state index contributed by atoms with van der Waals surface area (Å²) in [6.07, 6.45) is 0. The predicted octanol–water partition coefficient (Wildman–Crippen LogP) is 14.7. The number of carbonyl (C=O) groups is 8. The topological polar surface area (TPSA) is 270 Å². The predicted molar refractivity (Wildman–Crippen MR) is 433 cm³/mol. The second-order valence-corrected chi connectivity index (χ2v) is 29.3. The van der Waals surface area contributed by atoms with Crippen LogP contribution in [0.2, 0.25) is 0 Å². The molecule has 14 rings (SSSR count). The van der Waals surface area contributed by atoms with Crippen molar-refractivity contribution in [2.24, 2.45) is 0 Å². The molecular weight excluding hydrogens is 1510 g/mol. The second kappa shape index (κ2) is 36.4. The van der Waals surface area contributed by atoms with E-state index in [-0.39, 0.29) is 145 Å².